The van der Waals surface area contributed by atoms with E-state index >= 15 is 0 Å². The van der Waals surface area contributed by atoms with Gasteiger partial charge in [0.1, 0.15) is 6.04 Å². The molecule has 2 aliphatic rings. The third-order valence-corrected chi connectivity index (χ3v) is 5.90. The fraction of sp³-hybridized carbons (Fsp3) is 0.562. The Kier molecular flexibility index (Phi) is 4.23. The van der Waals surface area contributed by atoms with Gasteiger partial charge in [-0.3, -0.25) is 4.79 Å². The van der Waals surface area contributed by atoms with Crippen LogP contribution in [-0.4, -0.2) is 48.9 Å². The van der Waals surface area contributed by atoms with E-state index in [9.17, 15) is 13.2 Å². The number of rotatable bonds is 2. The van der Waals surface area contributed by atoms with Crippen molar-refractivity contribution in [3.05, 3.63) is 35.4 Å². The molecule has 0 aliphatic carbocycles. The van der Waals surface area contributed by atoms with Crippen molar-refractivity contribution in [3.63, 3.8) is 0 Å². The zero-order valence-electron chi connectivity index (χ0n) is 12.9. The van der Waals surface area contributed by atoms with Crippen LogP contribution in [0, 0.1) is 0 Å². The Hall–Kier alpha value is -1.40. The molecule has 0 saturated carbocycles. The van der Waals surface area contributed by atoms with E-state index < -0.39 is 16.1 Å². The molecule has 2 heterocycles. The molecule has 0 bridgehead atoms. The van der Waals surface area contributed by atoms with Crippen LogP contribution in [0.15, 0.2) is 24.3 Å². The Bertz CT molecular complexity index is 672. The molecule has 0 N–H and O–H groups in total. The van der Waals surface area contributed by atoms with Gasteiger partial charge in [-0.25, -0.2) is 8.42 Å². The van der Waals surface area contributed by atoms with Crippen molar-refractivity contribution in [3.8, 4) is 0 Å². The molecule has 0 aromatic heterocycles. The number of carbonyl (C=O) groups is 1. The molecule has 1 amide bonds. The second-order valence-corrected chi connectivity index (χ2v) is 8.10. The number of amides is 1. The van der Waals surface area contributed by atoms with Crippen LogP contribution in [0.25, 0.3) is 0 Å². The Morgan fingerprint density at radius 2 is 1.86 bits per heavy atom. The zero-order chi connectivity index (χ0) is 15.7. The third-order valence-electron chi connectivity index (χ3n) is 4.61. The van der Waals surface area contributed by atoms with Crippen molar-refractivity contribution in [1.82, 2.24) is 9.21 Å². The minimum absolute atomic E-state index is 0.0420. The Morgan fingerprint density at radius 3 is 2.59 bits per heavy atom. The summed E-state index contributed by atoms with van der Waals surface area (Å²) in [6.07, 6.45) is 4.41. The van der Waals surface area contributed by atoms with E-state index in [0.29, 0.717) is 26.1 Å². The lowest BCUT2D eigenvalue weighted by atomic mass is 9.98. The molecule has 3 rings (SSSR count). The third kappa shape index (κ3) is 3.03. The first-order valence-corrected chi connectivity index (χ1v) is 9.64. The lowest BCUT2D eigenvalue weighted by Crippen LogP contribution is -2.53. The van der Waals surface area contributed by atoms with Gasteiger partial charge < -0.3 is 4.90 Å². The second kappa shape index (κ2) is 6.01. The molecule has 1 saturated heterocycles. The molecule has 22 heavy (non-hydrogen) atoms. The number of fused-ring (bicyclic) bond motifs is 1. The molecule has 0 spiro atoms. The number of hydrogen-bond acceptors (Lipinski definition) is 3. The number of hydrogen-bond donors (Lipinski definition) is 0. The van der Waals surface area contributed by atoms with E-state index in [1.54, 1.807) is 0 Å². The molecule has 1 unspecified atom stereocenters. The minimum atomic E-state index is -3.33. The van der Waals surface area contributed by atoms with Crippen LogP contribution >= 0.6 is 0 Å². The van der Waals surface area contributed by atoms with Gasteiger partial charge in [-0.15, -0.1) is 0 Å². The molecule has 5 nitrogen and oxygen atoms in total. The van der Waals surface area contributed by atoms with E-state index in [1.165, 1.54) is 21.7 Å². The van der Waals surface area contributed by atoms with E-state index in [4.69, 9.17) is 0 Å². The van der Waals surface area contributed by atoms with E-state index in [2.05, 4.69) is 6.07 Å². The highest BCUT2D eigenvalue weighted by molar-refractivity contribution is 7.88. The largest absolute Gasteiger partial charge is 0.337 e. The molecule has 6 heteroatoms. The van der Waals surface area contributed by atoms with Crippen molar-refractivity contribution >= 4 is 15.9 Å². The van der Waals surface area contributed by atoms with Gasteiger partial charge in [0.15, 0.2) is 0 Å². The lowest BCUT2D eigenvalue weighted by molar-refractivity contribution is -0.137. The first kappa shape index (κ1) is 15.5. The zero-order valence-corrected chi connectivity index (χ0v) is 13.7. The summed E-state index contributed by atoms with van der Waals surface area (Å²) >= 11 is 0. The number of carbonyl (C=O) groups excluding carboxylic acids is 1. The summed E-state index contributed by atoms with van der Waals surface area (Å²) in [7, 11) is -3.33. The maximum absolute atomic E-state index is 12.8. The van der Waals surface area contributed by atoms with Gasteiger partial charge in [0.25, 0.3) is 0 Å². The highest BCUT2D eigenvalue weighted by Crippen LogP contribution is 2.25. The Balaban J connectivity index is 1.79. The van der Waals surface area contributed by atoms with Gasteiger partial charge in [-0.2, -0.15) is 4.31 Å². The van der Waals surface area contributed by atoms with Crippen molar-refractivity contribution in [1.29, 1.82) is 0 Å². The van der Waals surface area contributed by atoms with Gasteiger partial charge in [0, 0.05) is 19.6 Å². The Morgan fingerprint density at radius 1 is 1.14 bits per heavy atom. The number of piperidine rings is 1. The van der Waals surface area contributed by atoms with E-state index in [-0.39, 0.29) is 5.91 Å². The first-order valence-electron chi connectivity index (χ1n) is 7.79. The first-order chi connectivity index (χ1) is 10.5. The van der Waals surface area contributed by atoms with Gasteiger partial charge in [-0.05, 0) is 30.4 Å². The summed E-state index contributed by atoms with van der Waals surface area (Å²) < 4.78 is 25.3. The van der Waals surface area contributed by atoms with Crippen LogP contribution in [0.1, 0.15) is 30.4 Å². The van der Waals surface area contributed by atoms with Gasteiger partial charge in [-0.1, -0.05) is 30.7 Å². The second-order valence-electron chi connectivity index (χ2n) is 6.16. The highest BCUT2D eigenvalue weighted by atomic mass is 32.2. The SMILES string of the molecule is CS(=O)(=O)N1CCCCC1C(=O)N1CCc2ccccc2C1. The fourth-order valence-corrected chi connectivity index (χ4v) is 4.56. The van der Waals surface area contributed by atoms with Crippen LogP contribution in [0.2, 0.25) is 0 Å². The molecule has 1 aromatic rings. The van der Waals surface area contributed by atoms with Crippen LogP contribution in [-0.2, 0) is 27.8 Å². The molecule has 1 fully saturated rings. The monoisotopic (exact) mass is 322 g/mol. The number of benzene rings is 1. The number of sulfonamides is 1. The Labute approximate surface area is 132 Å². The maximum atomic E-state index is 12.8. The molecular weight excluding hydrogens is 300 g/mol. The minimum Gasteiger partial charge on any atom is -0.337 e. The highest BCUT2D eigenvalue weighted by Gasteiger charge is 2.37. The summed E-state index contributed by atoms with van der Waals surface area (Å²) in [4.78, 5) is 14.7. The standard InChI is InChI=1S/C16H22N2O3S/c1-22(20,21)18-10-5-4-8-15(18)16(19)17-11-9-13-6-2-3-7-14(13)12-17/h2-3,6-7,15H,4-5,8-12H2,1H3. The van der Waals surface area contributed by atoms with E-state index in [1.807, 2.05) is 23.1 Å². The van der Waals surface area contributed by atoms with Crippen LogP contribution in [0.4, 0.5) is 0 Å². The summed E-state index contributed by atoms with van der Waals surface area (Å²) in [5.41, 5.74) is 2.46. The van der Waals surface area contributed by atoms with Crippen molar-refractivity contribution in [2.45, 2.75) is 38.3 Å². The fourth-order valence-electron chi connectivity index (χ4n) is 3.44. The summed E-state index contributed by atoms with van der Waals surface area (Å²) in [5.74, 6) is -0.0420. The average molecular weight is 322 g/mol. The molecule has 1 aromatic carbocycles. The molecule has 0 radical (unpaired) electrons. The lowest BCUT2D eigenvalue weighted by Gasteiger charge is -2.37. The van der Waals surface area contributed by atoms with Crippen molar-refractivity contribution in [2.24, 2.45) is 0 Å². The van der Waals surface area contributed by atoms with E-state index in [0.717, 1.165) is 19.3 Å². The van der Waals surface area contributed by atoms with Crippen LogP contribution in [0.3, 0.4) is 0 Å². The smallest absolute Gasteiger partial charge is 0.241 e. The number of nitrogens with zero attached hydrogens (tertiary/aromatic N) is 2. The molecule has 120 valence electrons. The molecule has 1 atom stereocenters. The summed E-state index contributed by atoms with van der Waals surface area (Å²) in [6, 6.07) is 7.62. The normalized spacial score (nSPS) is 23.1. The average Bonchev–Trinajstić information content (AvgIpc) is 2.53. The molecular formula is C16H22N2O3S. The van der Waals surface area contributed by atoms with Crippen LogP contribution in [0.5, 0.6) is 0 Å². The van der Waals surface area contributed by atoms with Crippen molar-refractivity contribution in [2.75, 3.05) is 19.3 Å². The molecule has 2 aliphatic heterocycles. The summed E-state index contributed by atoms with van der Waals surface area (Å²) in [6.45, 7) is 1.72. The van der Waals surface area contributed by atoms with Crippen LogP contribution < -0.4 is 0 Å². The predicted molar refractivity (Wildman–Crippen MR) is 84.8 cm³/mol. The quantitative estimate of drug-likeness (QED) is 0.827. The van der Waals surface area contributed by atoms with Crippen molar-refractivity contribution < 1.29 is 13.2 Å². The summed E-state index contributed by atoms with van der Waals surface area (Å²) in [5, 5.41) is 0. The van der Waals surface area contributed by atoms with Gasteiger partial charge in [0.2, 0.25) is 15.9 Å². The predicted octanol–water partition coefficient (Wildman–Crippen LogP) is 1.39. The van der Waals surface area contributed by atoms with Gasteiger partial charge >= 0.3 is 0 Å². The maximum Gasteiger partial charge on any atom is 0.241 e. The van der Waals surface area contributed by atoms with Gasteiger partial charge in [0.05, 0.1) is 6.26 Å². The topological polar surface area (TPSA) is 57.7 Å².